The fourth-order valence-electron chi connectivity index (χ4n) is 2.40. The van der Waals surface area contributed by atoms with Crippen LogP contribution in [0.4, 0.5) is 10.1 Å². The monoisotopic (exact) mass is 377 g/mol. The number of anilines is 1. The van der Waals surface area contributed by atoms with E-state index in [0.717, 1.165) is 15.2 Å². The Morgan fingerprint density at radius 1 is 1.36 bits per heavy atom. The van der Waals surface area contributed by atoms with E-state index >= 15 is 0 Å². The summed E-state index contributed by atoms with van der Waals surface area (Å²) >= 11 is 7.45. The highest BCUT2D eigenvalue weighted by atomic mass is 35.5. The fraction of sp³-hybridized carbons (Fsp3) is 0.222. The summed E-state index contributed by atoms with van der Waals surface area (Å²) < 4.78 is 14.8. The van der Waals surface area contributed by atoms with E-state index in [0.29, 0.717) is 5.02 Å². The normalized spacial score (nSPS) is 12.5. The molecule has 7 heteroatoms. The number of hydrogen-bond acceptors (Lipinski definition) is 4. The molecule has 2 aromatic carbocycles. The van der Waals surface area contributed by atoms with Crippen molar-refractivity contribution in [2.45, 2.75) is 13.0 Å². The summed E-state index contributed by atoms with van der Waals surface area (Å²) in [5.41, 5.74) is 1.03. The number of para-hydroxylation sites is 1. The highest BCUT2D eigenvalue weighted by Crippen LogP contribution is 2.28. The molecule has 3 aromatic rings. The minimum atomic E-state index is -0.514. The SMILES string of the molecule is CC(c1nc2ccccc2s1)N(C)CC(=O)Nc1cc(Cl)ccc1F. The van der Waals surface area contributed by atoms with Gasteiger partial charge in [0.05, 0.1) is 28.5 Å². The molecule has 0 aliphatic rings. The lowest BCUT2D eigenvalue weighted by Gasteiger charge is -2.22. The van der Waals surface area contributed by atoms with Crippen LogP contribution in [0.3, 0.4) is 0 Å². The molecule has 0 radical (unpaired) electrons. The van der Waals surface area contributed by atoms with Crippen LogP contribution < -0.4 is 5.32 Å². The number of amides is 1. The zero-order valence-corrected chi connectivity index (χ0v) is 15.4. The van der Waals surface area contributed by atoms with Gasteiger partial charge in [-0.05, 0) is 44.3 Å². The molecule has 1 unspecified atom stereocenters. The number of fused-ring (bicyclic) bond motifs is 1. The lowest BCUT2D eigenvalue weighted by atomic mass is 10.3. The third-order valence-electron chi connectivity index (χ3n) is 3.92. The van der Waals surface area contributed by atoms with Gasteiger partial charge in [0.2, 0.25) is 5.91 Å². The predicted octanol–water partition coefficient (Wildman–Crippen LogP) is 4.72. The molecular weight excluding hydrogens is 361 g/mol. The Kier molecular flexibility index (Phi) is 5.32. The molecule has 0 aliphatic carbocycles. The first-order valence-corrected chi connectivity index (χ1v) is 8.94. The number of nitrogens with zero attached hydrogens (tertiary/aromatic N) is 2. The van der Waals surface area contributed by atoms with Gasteiger partial charge >= 0.3 is 0 Å². The number of hydrogen-bond donors (Lipinski definition) is 1. The summed E-state index contributed by atoms with van der Waals surface area (Å²) in [7, 11) is 1.84. The molecule has 25 heavy (non-hydrogen) atoms. The molecule has 1 aromatic heterocycles. The summed E-state index contributed by atoms with van der Waals surface area (Å²) in [4.78, 5) is 18.7. The van der Waals surface area contributed by atoms with Gasteiger partial charge in [0.1, 0.15) is 10.8 Å². The number of aromatic nitrogens is 1. The molecule has 3 rings (SSSR count). The zero-order valence-electron chi connectivity index (χ0n) is 13.8. The van der Waals surface area contributed by atoms with Crippen LogP contribution in [0.25, 0.3) is 10.2 Å². The number of benzene rings is 2. The maximum atomic E-state index is 13.7. The molecule has 0 spiro atoms. The molecular formula is C18H17ClFN3OS. The summed E-state index contributed by atoms with van der Waals surface area (Å²) in [6.07, 6.45) is 0. The van der Waals surface area contributed by atoms with E-state index in [2.05, 4.69) is 10.3 Å². The average molecular weight is 378 g/mol. The molecule has 1 amide bonds. The van der Waals surface area contributed by atoms with Crippen LogP contribution in [0.1, 0.15) is 18.0 Å². The van der Waals surface area contributed by atoms with Crippen LogP contribution in [0.2, 0.25) is 5.02 Å². The lowest BCUT2D eigenvalue weighted by molar-refractivity contribution is -0.117. The molecule has 0 saturated carbocycles. The van der Waals surface area contributed by atoms with Crippen LogP contribution in [0.15, 0.2) is 42.5 Å². The number of carbonyl (C=O) groups is 1. The molecule has 1 N–H and O–H groups in total. The van der Waals surface area contributed by atoms with Gasteiger partial charge in [-0.3, -0.25) is 9.69 Å². The Hall–Kier alpha value is -2.02. The van der Waals surface area contributed by atoms with Gasteiger partial charge in [-0.25, -0.2) is 9.37 Å². The number of likely N-dealkylation sites (N-methyl/N-ethyl adjacent to an activating group) is 1. The third-order valence-corrected chi connectivity index (χ3v) is 5.37. The number of halogens is 2. The van der Waals surface area contributed by atoms with Crippen molar-refractivity contribution in [2.75, 3.05) is 18.9 Å². The van der Waals surface area contributed by atoms with Crippen molar-refractivity contribution >= 4 is 44.7 Å². The van der Waals surface area contributed by atoms with Crippen LogP contribution in [0, 0.1) is 5.82 Å². The summed E-state index contributed by atoms with van der Waals surface area (Å²) in [5, 5.41) is 3.86. The minimum absolute atomic E-state index is 0.0349. The Morgan fingerprint density at radius 3 is 2.88 bits per heavy atom. The molecule has 4 nitrogen and oxygen atoms in total. The maximum Gasteiger partial charge on any atom is 0.238 e. The second-order valence-corrected chi connectivity index (χ2v) is 7.28. The van der Waals surface area contributed by atoms with E-state index in [4.69, 9.17) is 11.6 Å². The van der Waals surface area contributed by atoms with Crippen LogP contribution in [-0.2, 0) is 4.79 Å². The average Bonchev–Trinajstić information content (AvgIpc) is 3.01. The third kappa shape index (κ3) is 4.15. The molecule has 1 heterocycles. The zero-order chi connectivity index (χ0) is 18.0. The van der Waals surface area contributed by atoms with Crippen molar-refractivity contribution in [3.05, 3.63) is 58.3 Å². The van der Waals surface area contributed by atoms with Gasteiger partial charge < -0.3 is 5.32 Å². The molecule has 130 valence electrons. The van der Waals surface area contributed by atoms with E-state index in [1.54, 1.807) is 11.3 Å². The number of nitrogens with one attached hydrogen (secondary N) is 1. The Morgan fingerprint density at radius 2 is 2.12 bits per heavy atom. The quantitative estimate of drug-likeness (QED) is 0.699. The summed E-state index contributed by atoms with van der Waals surface area (Å²) in [5.74, 6) is -0.823. The van der Waals surface area contributed by atoms with E-state index in [-0.39, 0.29) is 24.2 Å². The number of thiazole rings is 1. The van der Waals surface area contributed by atoms with E-state index in [9.17, 15) is 9.18 Å². The first-order chi connectivity index (χ1) is 11.9. The molecule has 1 atom stereocenters. The van der Waals surface area contributed by atoms with Crippen molar-refractivity contribution in [2.24, 2.45) is 0 Å². The highest BCUT2D eigenvalue weighted by molar-refractivity contribution is 7.18. The van der Waals surface area contributed by atoms with Crippen LogP contribution in [0.5, 0.6) is 0 Å². The smallest absolute Gasteiger partial charge is 0.238 e. The van der Waals surface area contributed by atoms with Crippen LogP contribution >= 0.6 is 22.9 Å². The predicted molar refractivity (Wildman–Crippen MR) is 101 cm³/mol. The molecule has 0 bridgehead atoms. The van der Waals surface area contributed by atoms with Gasteiger partial charge in [0.15, 0.2) is 0 Å². The summed E-state index contributed by atoms with van der Waals surface area (Å²) in [6, 6.07) is 11.9. The van der Waals surface area contributed by atoms with E-state index in [1.165, 1.54) is 18.2 Å². The van der Waals surface area contributed by atoms with E-state index in [1.807, 2.05) is 43.1 Å². The number of carbonyl (C=O) groups excluding carboxylic acids is 1. The van der Waals surface area contributed by atoms with Gasteiger partial charge in [-0.15, -0.1) is 11.3 Å². The van der Waals surface area contributed by atoms with Crippen molar-refractivity contribution in [3.63, 3.8) is 0 Å². The second-order valence-electron chi connectivity index (χ2n) is 5.78. The molecule has 0 aliphatic heterocycles. The Balaban J connectivity index is 1.67. The van der Waals surface area contributed by atoms with Gasteiger partial charge in [0.25, 0.3) is 0 Å². The minimum Gasteiger partial charge on any atom is -0.322 e. The van der Waals surface area contributed by atoms with Crippen LogP contribution in [-0.4, -0.2) is 29.4 Å². The van der Waals surface area contributed by atoms with E-state index < -0.39 is 5.82 Å². The standard InChI is InChI=1S/C18H17ClFN3OS/c1-11(18-22-14-5-3-4-6-16(14)25-18)23(2)10-17(24)21-15-9-12(19)7-8-13(15)20/h3-9,11H,10H2,1-2H3,(H,21,24). The second kappa shape index (κ2) is 7.47. The van der Waals surface area contributed by atoms with Gasteiger partial charge in [-0.1, -0.05) is 23.7 Å². The Bertz CT molecular complexity index is 881. The Labute approximate surface area is 154 Å². The largest absolute Gasteiger partial charge is 0.322 e. The van der Waals surface area contributed by atoms with Crippen molar-refractivity contribution in [1.82, 2.24) is 9.88 Å². The molecule has 0 saturated heterocycles. The molecule has 0 fully saturated rings. The maximum absolute atomic E-state index is 13.7. The van der Waals surface area contributed by atoms with Gasteiger partial charge in [0, 0.05) is 5.02 Å². The van der Waals surface area contributed by atoms with Crippen molar-refractivity contribution < 1.29 is 9.18 Å². The topological polar surface area (TPSA) is 45.2 Å². The van der Waals surface area contributed by atoms with Crippen molar-refractivity contribution in [1.29, 1.82) is 0 Å². The first kappa shape index (κ1) is 17.8. The first-order valence-electron chi connectivity index (χ1n) is 7.74. The summed E-state index contributed by atoms with van der Waals surface area (Å²) in [6.45, 7) is 2.11. The highest BCUT2D eigenvalue weighted by Gasteiger charge is 2.19. The van der Waals surface area contributed by atoms with Crippen molar-refractivity contribution in [3.8, 4) is 0 Å². The van der Waals surface area contributed by atoms with Gasteiger partial charge in [-0.2, -0.15) is 0 Å². The lowest BCUT2D eigenvalue weighted by Crippen LogP contribution is -2.32. The number of rotatable bonds is 5. The fourth-order valence-corrected chi connectivity index (χ4v) is 3.66.